The minimum Gasteiger partial charge on any atom is -0.459 e. The highest BCUT2D eigenvalue weighted by Crippen LogP contribution is 2.28. The van der Waals surface area contributed by atoms with E-state index < -0.39 is 5.91 Å². The molecule has 0 spiro atoms. The summed E-state index contributed by atoms with van der Waals surface area (Å²) in [6.45, 7) is 0.157. The van der Waals surface area contributed by atoms with Gasteiger partial charge in [-0.2, -0.15) is 0 Å². The van der Waals surface area contributed by atoms with Crippen molar-refractivity contribution in [1.29, 1.82) is 0 Å². The molecule has 6 nitrogen and oxygen atoms in total. The first-order chi connectivity index (χ1) is 14.0. The Balaban J connectivity index is 1.70. The number of nitrogens with two attached hydrogens (primary N) is 2. The molecule has 0 aliphatic heterocycles. The summed E-state index contributed by atoms with van der Waals surface area (Å²) < 4.78 is 5.69. The second-order valence-electron chi connectivity index (χ2n) is 6.61. The topological polar surface area (TPSA) is 111 Å². The van der Waals surface area contributed by atoms with Crippen molar-refractivity contribution in [2.24, 2.45) is 11.5 Å². The molecule has 0 fully saturated rings. The van der Waals surface area contributed by atoms with Gasteiger partial charge in [0.05, 0.1) is 11.9 Å². The molecule has 0 saturated carbocycles. The number of amides is 1. The number of fused-ring (bicyclic) bond motifs is 1. The van der Waals surface area contributed by atoms with E-state index in [4.69, 9.17) is 15.9 Å². The van der Waals surface area contributed by atoms with Crippen molar-refractivity contribution in [2.75, 3.05) is 5.32 Å². The first-order valence-electron chi connectivity index (χ1n) is 9.08. The monoisotopic (exact) mass is 385 g/mol. The fourth-order valence-electron chi connectivity index (χ4n) is 3.26. The molecule has 0 bridgehead atoms. The van der Waals surface area contributed by atoms with E-state index in [2.05, 4.69) is 5.32 Å². The van der Waals surface area contributed by atoms with E-state index in [-0.39, 0.29) is 12.0 Å². The van der Waals surface area contributed by atoms with E-state index in [1.165, 1.54) is 6.07 Å². The summed E-state index contributed by atoms with van der Waals surface area (Å²) in [7, 11) is 0. The molecule has 1 aromatic heterocycles. The molecular weight excluding hydrogens is 366 g/mol. The Morgan fingerprint density at radius 3 is 2.52 bits per heavy atom. The zero-order chi connectivity index (χ0) is 20.4. The van der Waals surface area contributed by atoms with E-state index in [0.29, 0.717) is 22.3 Å². The molecule has 0 aliphatic rings. The van der Waals surface area contributed by atoms with Gasteiger partial charge >= 0.3 is 0 Å². The van der Waals surface area contributed by atoms with Crippen LogP contribution in [0.15, 0.2) is 82.0 Å². The highest BCUT2D eigenvalue weighted by molar-refractivity contribution is 6.00. The van der Waals surface area contributed by atoms with Gasteiger partial charge in [0, 0.05) is 29.1 Å². The Labute approximate surface area is 166 Å². The van der Waals surface area contributed by atoms with Crippen LogP contribution in [0.3, 0.4) is 0 Å². The third-order valence-electron chi connectivity index (χ3n) is 4.64. The molecule has 6 heteroatoms. The lowest BCUT2D eigenvalue weighted by Crippen LogP contribution is -2.12. The number of primary amides is 1. The standard InChI is InChI=1S/C23H19N3O3/c24-13-17-12-21(27)20-9-8-16(11-22(20)29-17)26-15-5-3-4-14(10-15)18-6-1-2-7-19(18)23(25)28/h1-12,26H,13,24H2,(H2,25,28). The van der Waals surface area contributed by atoms with Crippen LogP contribution in [0.2, 0.25) is 0 Å². The molecular formula is C23H19N3O3. The van der Waals surface area contributed by atoms with Gasteiger partial charge in [-0.3, -0.25) is 9.59 Å². The van der Waals surface area contributed by atoms with Gasteiger partial charge in [0.15, 0.2) is 5.43 Å². The molecule has 1 heterocycles. The molecule has 4 aromatic rings. The number of carbonyl (C=O) groups excluding carboxylic acids is 1. The molecule has 0 unspecified atom stereocenters. The number of rotatable bonds is 5. The summed E-state index contributed by atoms with van der Waals surface area (Å²) in [5.41, 5.74) is 15.1. The maximum atomic E-state index is 12.1. The Morgan fingerprint density at radius 1 is 0.931 bits per heavy atom. The average molecular weight is 385 g/mol. The Kier molecular flexibility index (Phi) is 4.85. The molecule has 29 heavy (non-hydrogen) atoms. The van der Waals surface area contributed by atoms with Crippen LogP contribution in [0.5, 0.6) is 0 Å². The molecule has 4 rings (SSSR count). The third kappa shape index (κ3) is 3.74. The quantitative estimate of drug-likeness (QED) is 0.484. The lowest BCUT2D eigenvalue weighted by molar-refractivity contribution is 0.100. The molecule has 5 N–H and O–H groups in total. The van der Waals surface area contributed by atoms with Crippen molar-refractivity contribution >= 4 is 28.3 Å². The van der Waals surface area contributed by atoms with Gasteiger partial charge in [-0.15, -0.1) is 0 Å². The van der Waals surface area contributed by atoms with E-state index in [9.17, 15) is 9.59 Å². The molecule has 144 valence electrons. The Bertz CT molecular complexity index is 1280. The molecule has 0 aliphatic carbocycles. The van der Waals surface area contributed by atoms with Crippen molar-refractivity contribution in [2.45, 2.75) is 6.54 Å². The summed E-state index contributed by atoms with van der Waals surface area (Å²) in [6, 6.07) is 21.6. The van der Waals surface area contributed by atoms with E-state index in [1.807, 2.05) is 42.5 Å². The lowest BCUT2D eigenvalue weighted by Gasteiger charge is -2.11. The maximum Gasteiger partial charge on any atom is 0.249 e. The van der Waals surface area contributed by atoms with Crippen LogP contribution in [-0.4, -0.2) is 5.91 Å². The van der Waals surface area contributed by atoms with Gasteiger partial charge in [-0.05, 0) is 41.5 Å². The number of hydrogen-bond acceptors (Lipinski definition) is 5. The second kappa shape index (κ2) is 7.61. The Morgan fingerprint density at radius 2 is 1.72 bits per heavy atom. The normalized spacial score (nSPS) is 10.8. The average Bonchev–Trinajstić information content (AvgIpc) is 2.73. The first kappa shape index (κ1) is 18.5. The van der Waals surface area contributed by atoms with Gasteiger partial charge in [-0.1, -0.05) is 30.3 Å². The van der Waals surface area contributed by atoms with Gasteiger partial charge in [0.2, 0.25) is 5.91 Å². The molecule has 0 atom stereocenters. The zero-order valence-electron chi connectivity index (χ0n) is 15.5. The van der Waals surface area contributed by atoms with Crippen molar-refractivity contribution in [3.05, 3.63) is 94.3 Å². The van der Waals surface area contributed by atoms with Gasteiger partial charge in [0.1, 0.15) is 11.3 Å². The van der Waals surface area contributed by atoms with Crippen molar-refractivity contribution < 1.29 is 9.21 Å². The molecule has 0 saturated heterocycles. The number of hydrogen-bond donors (Lipinski definition) is 3. The summed E-state index contributed by atoms with van der Waals surface area (Å²) in [5, 5.41) is 3.80. The summed E-state index contributed by atoms with van der Waals surface area (Å²) >= 11 is 0. The summed E-state index contributed by atoms with van der Waals surface area (Å²) in [4.78, 5) is 23.9. The van der Waals surface area contributed by atoms with Crippen LogP contribution >= 0.6 is 0 Å². The zero-order valence-corrected chi connectivity index (χ0v) is 15.5. The minimum absolute atomic E-state index is 0.122. The lowest BCUT2D eigenvalue weighted by atomic mass is 9.99. The van der Waals surface area contributed by atoms with Crippen molar-refractivity contribution in [1.82, 2.24) is 0 Å². The SMILES string of the molecule is NCc1cc(=O)c2ccc(Nc3cccc(-c4ccccc4C(N)=O)c3)cc2o1. The summed E-state index contributed by atoms with van der Waals surface area (Å²) in [5.74, 6) is -0.0380. The summed E-state index contributed by atoms with van der Waals surface area (Å²) in [6.07, 6.45) is 0. The molecule has 3 aromatic carbocycles. The minimum atomic E-state index is -0.473. The smallest absolute Gasteiger partial charge is 0.249 e. The van der Waals surface area contributed by atoms with E-state index in [0.717, 1.165) is 22.5 Å². The Hall–Kier alpha value is -3.90. The molecule has 0 radical (unpaired) electrons. The van der Waals surface area contributed by atoms with Crippen LogP contribution in [0.4, 0.5) is 11.4 Å². The van der Waals surface area contributed by atoms with Crippen LogP contribution in [0.25, 0.3) is 22.1 Å². The fraction of sp³-hybridized carbons (Fsp3) is 0.0435. The highest BCUT2D eigenvalue weighted by atomic mass is 16.3. The largest absolute Gasteiger partial charge is 0.459 e. The van der Waals surface area contributed by atoms with Crippen molar-refractivity contribution in [3.8, 4) is 11.1 Å². The predicted octanol–water partition coefficient (Wildman–Crippen LogP) is 3.76. The fourth-order valence-corrected chi connectivity index (χ4v) is 3.26. The van der Waals surface area contributed by atoms with Gasteiger partial charge in [0.25, 0.3) is 0 Å². The van der Waals surface area contributed by atoms with Crippen LogP contribution < -0.4 is 22.2 Å². The van der Waals surface area contributed by atoms with Crippen LogP contribution in [0.1, 0.15) is 16.1 Å². The number of nitrogens with one attached hydrogen (secondary N) is 1. The van der Waals surface area contributed by atoms with Crippen molar-refractivity contribution in [3.63, 3.8) is 0 Å². The second-order valence-corrected chi connectivity index (χ2v) is 6.61. The van der Waals surface area contributed by atoms with Gasteiger partial charge < -0.3 is 21.2 Å². The molecule has 1 amide bonds. The number of carbonyl (C=O) groups is 1. The highest BCUT2D eigenvalue weighted by Gasteiger charge is 2.10. The van der Waals surface area contributed by atoms with Crippen LogP contribution in [-0.2, 0) is 6.54 Å². The maximum absolute atomic E-state index is 12.1. The number of benzene rings is 3. The van der Waals surface area contributed by atoms with Crippen LogP contribution in [0, 0.1) is 0 Å². The van der Waals surface area contributed by atoms with E-state index >= 15 is 0 Å². The van der Waals surface area contributed by atoms with E-state index in [1.54, 1.807) is 24.3 Å². The predicted molar refractivity (Wildman–Crippen MR) is 114 cm³/mol. The first-order valence-corrected chi connectivity index (χ1v) is 9.08. The van der Waals surface area contributed by atoms with Gasteiger partial charge in [-0.25, -0.2) is 0 Å². The number of anilines is 2. The third-order valence-corrected chi connectivity index (χ3v) is 4.64.